The molecule has 0 aliphatic carbocycles. The fourth-order valence-electron chi connectivity index (χ4n) is 3.21. The van der Waals surface area contributed by atoms with E-state index in [0.29, 0.717) is 31.7 Å². The zero-order valence-electron chi connectivity index (χ0n) is 15.9. The number of benzene rings is 1. The summed E-state index contributed by atoms with van der Waals surface area (Å²) in [5, 5.41) is 4.08. The Kier molecular flexibility index (Phi) is 5.71. The molecule has 4 rings (SSSR count). The Hall–Kier alpha value is -2.92. The van der Waals surface area contributed by atoms with Crippen molar-refractivity contribution in [2.75, 3.05) is 31.1 Å². The van der Waals surface area contributed by atoms with Gasteiger partial charge in [0.2, 0.25) is 5.89 Å². The molecule has 1 saturated heterocycles. The molecule has 3 aromatic rings. The molecule has 0 radical (unpaired) electrons. The Balaban J connectivity index is 1.40. The van der Waals surface area contributed by atoms with E-state index < -0.39 is 23.3 Å². The molecule has 0 unspecified atom stereocenters. The van der Waals surface area contributed by atoms with Gasteiger partial charge in [-0.15, -0.1) is 5.10 Å². The molecule has 7 nitrogen and oxygen atoms in total. The SMILES string of the molecule is O=c1oc(-c2ccc(F)cc2)nn1CN1CCN(c2ncc(C(F)(F)F)cc2Cl)CC1. The van der Waals surface area contributed by atoms with Gasteiger partial charge in [-0.05, 0) is 30.3 Å². The predicted molar refractivity (Wildman–Crippen MR) is 104 cm³/mol. The van der Waals surface area contributed by atoms with Gasteiger partial charge in [0, 0.05) is 37.9 Å². The van der Waals surface area contributed by atoms with E-state index in [2.05, 4.69) is 10.1 Å². The number of hydrogen-bond donors (Lipinski definition) is 0. The number of halogens is 5. The highest BCUT2D eigenvalue weighted by Gasteiger charge is 2.32. The van der Waals surface area contributed by atoms with Crippen LogP contribution in [0.15, 0.2) is 45.7 Å². The van der Waals surface area contributed by atoms with E-state index in [0.717, 1.165) is 16.9 Å². The first-order valence-corrected chi connectivity index (χ1v) is 9.62. The molecule has 3 heterocycles. The molecule has 1 aliphatic rings. The van der Waals surface area contributed by atoms with Crippen LogP contribution in [0, 0.1) is 5.82 Å². The van der Waals surface area contributed by atoms with Crippen LogP contribution in [0.3, 0.4) is 0 Å². The van der Waals surface area contributed by atoms with Crippen LogP contribution < -0.4 is 10.7 Å². The second-order valence-electron chi connectivity index (χ2n) is 6.95. The maximum atomic E-state index is 13.1. The van der Waals surface area contributed by atoms with Crippen LogP contribution in [-0.4, -0.2) is 45.8 Å². The minimum absolute atomic E-state index is 0.0695. The van der Waals surface area contributed by atoms with E-state index in [1.807, 2.05) is 4.90 Å². The van der Waals surface area contributed by atoms with E-state index in [4.69, 9.17) is 16.0 Å². The molecule has 2 aromatic heterocycles. The molecule has 0 spiro atoms. The molecule has 31 heavy (non-hydrogen) atoms. The quantitative estimate of drug-likeness (QED) is 0.559. The summed E-state index contributed by atoms with van der Waals surface area (Å²) in [7, 11) is 0. The highest BCUT2D eigenvalue weighted by Crippen LogP contribution is 2.33. The first-order chi connectivity index (χ1) is 14.7. The molecule has 12 heteroatoms. The van der Waals surface area contributed by atoms with Crippen molar-refractivity contribution in [3.63, 3.8) is 0 Å². The normalized spacial score (nSPS) is 15.5. The minimum Gasteiger partial charge on any atom is -0.388 e. The van der Waals surface area contributed by atoms with Crippen molar-refractivity contribution in [1.82, 2.24) is 19.7 Å². The largest absolute Gasteiger partial charge is 0.438 e. The van der Waals surface area contributed by atoms with Crippen molar-refractivity contribution in [1.29, 1.82) is 0 Å². The van der Waals surface area contributed by atoms with Crippen LogP contribution in [0.4, 0.5) is 23.4 Å². The maximum Gasteiger partial charge on any atom is 0.438 e. The van der Waals surface area contributed by atoms with Crippen molar-refractivity contribution >= 4 is 17.4 Å². The minimum atomic E-state index is -4.51. The smallest absolute Gasteiger partial charge is 0.388 e. The summed E-state index contributed by atoms with van der Waals surface area (Å²) in [5.41, 5.74) is -0.424. The summed E-state index contributed by atoms with van der Waals surface area (Å²) in [4.78, 5) is 19.7. The molecule has 0 bridgehead atoms. The van der Waals surface area contributed by atoms with E-state index >= 15 is 0 Å². The number of nitrogens with zero attached hydrogens (tertiary/aromatic N) is 5. The molecule has 1 aromatic carbocycles. The molecule has 1 fully saturated rings. The molecule has 164 valence electrons. The molecule has 0 atom stereocenters. The van der Waals surface area contributed by atoms with Crippen molar-refractivity contribution in [3.05, 3.63) is 63.5 Å². The van der Waals surface area contributed by atoms with Crippen LogP contribution in [0.25, 0.3) is 11.5 Å². The summed E-state index contributed by atoms with van der Waals surface area (Å²) in [6.45, 7) is 2.09. The molecule has 0 N–H and O–H groups in total. The van der Waals surface area contributed by atoms with Crippen molar-refractivity contribution in [3.8, 4) is 11.5 Å². The first kappa shape index (κ1) is 21.3. The van der Waals surface area contributed by atoms with Crippen LogP contribution in [-0.2, 0) is 12.8 Å². The van der Waals surface area contributed by atoms with Gasteiger partial charge in [-0.2, -0.15) is 17.9 Å². The Morgan fingerprint density at radius 3 is 2.39 bits per heavy atom. The average Bonchev–Trinajstić information content (AvgIpc) is 3.09. The lowest BCUT2D eigenvalue weighted by atomic mass is 10.2. The zero-order chi connectivity index (χ0) is 22.2. The van der Waals surface area contributed by atoms with E-state index in [1.54, 1.807) is 4.90 Å². The topological polar surface area (TPSA) is 67.4 Å². The van der Waals surface area contributed by atoms with Gasteiger partial charge < -0.3 is 9.32 Å². The fraction of sp³-hybridized carbons (Fsp3) is 0.316. The lowest BCUT2D eigenvalue weighted by Gasteiger charge is -2.35. The number of hydrogen-bond acceptors (Lipinski definition) is 6. The second-order valence-corrected chi connectivity index (χ2v) is 7.36. The molecule has 0 amide bonds. The fourth-order valence-corrected chi connectivity index (χ4v) is 3.50. The summed E-state index contributed by atoms with van der Waals surface area (Å²) < 4.78 is 57.7. The highest BCUT2D eigenvalue weighted by molar-refractivity contribution is 6.33. The molecular weight excluding hydrogens is 442 g/mol. The Morgan fingerprint density at radius 2 is 1.77 bits per heavy atom. The monoisotopic (exact) mass is 457 g/mol. The van der Waals surface area contributed by atoms with Crippen LogP contribution in [0.1, 0.15) is 5.56 Å². The highest BCUT2D eigenvalue weighted by atomic mass is 35.5. The lowest BCUT2D eigenvalue weighted by Crippen LogP contribution is -2.48. The molecular formula is C19H16ClF4N5O2. The number of pyridine rings is 1. The third-order valence-electron chi connectivity index (χ3n) is 4.85. The molecule has 0 saturated carbocycles. The van der Waals surface area contributed by atoms with Gasteiger partial charge in [0.1, 0.15) is 18.3 Å². The van der Waals surface area contributed by atoms with Crippen molar-refractivity contribution in [2.24, 2.45) is 0 Å². The van der Waals surface area contributed by atoms with Gasteiger partial charge in [0.15, 0.2) is 0 Å². The molecule has 1 aliphatic heterocycles. The number of piperazine rings is 1. The maximum absolute atomic E-state index is 13.1. The second kappa shape index (κ2) is 8.31. The Morgan fingerprint density at radius 1 is 1.10 bits per heavy atom. The number of anilines is 1. The van der Waals surface area contributed by atoms with Gasteiger partial charge in [0.05, 0.1) is 10.6 Å². The van der Waals surface area contributed by atoms with Crippen LogP contribution in [0.5, 0.6) is 0 Å². The van der Waals surface area contributed by atoms with Gasteiger partial charge in [-0.3, -0.25) is 4.90 Å². The van der Waals surface area contributed by atoms with E-state index in [-0.39, 0.29) is 23.4 Å². The average molecular weight is 458 g/mol. The van der Waals surface area contributed by atoms with Gasteiger partial charge in [-0.25, -0.2) is 14.2 Å². The van der Waals surface area contributed by atoms with Crippen molar-refractivity contribution < 1.29 is 22.0 Å². The Labute approximate surface area is 178 Å². The first-order valence-electron chi connectivity index (χ1n) is 9.24. The third kappa shape index (κ3) is 4.72. The third-order valence-corrected chi connectivity index (χ3v) is 5.13. The Bertz CT molecular complexity index is 1120. The summed E-state index contributed by atoms with van der Waals surface area (Å²) >= 11 is 6.02. The van der Waals surface area contributed by atoms with Gasteiger partial charge in [0.25, 0.3) is 0 Å². The van der Waals surface area contributed by atoms with Crippen molar-refractivity contribution in [2.45, 2.75) is 12.8 Å². The standard InChI is InChI=1S/C19H16ClF4N5O2/c20-15-9-13(19(22,23)24)10-25-16(15)28-7-5-27(6-8-28)11-29-18(30)31-17(26-29)12-1-3-14(21)4-2-12/h1-4,9-10H,5-8,11H2. The van der Waals surface area contributed by atoms with E-state index in [1.165, 1.54) is 24.3 Å². The van der Waals surface area contributed by atoms with Gasteiger partial charge in [-0.1, -0.05) is 11.6 Å². The summed E-state index contributed by atoms with van der Waals surface area (Å²) in [6, 6.07) is 6.28. The van der Waals surface area contributed by atoms with Crippen LogP contribution in [0.2, 0.25) is 5.02 Å². The van der Waals surface area contributed by atoms with Crippen LogP contribution >= 0.6 is 11.6 Å². The number of alkyl halides is 3. The number of rotatable bonds is 4. The summed E-state index contributed by atoms with van der Waals surface area (Å²) in [5.74, 6) is -0.684. The lowest BCUT2D eigenvalue weighted by molar-refractivity contribution is -0.137. The summed E-state index contributed by atoms with van der Waals surface area (Å²) in [6.07, 6.45) is -3.75. The zero-order valence-corrected chi connectivity index (χ0v) is 16.7. The van der Waals surface area contributed by atoms with Gasteiger partial charge >= 0.3 is 11.9 Å². The van der Waals surface area contributed by atoms with E-state index in [9.17, 15) is 22.4 Å². The predicted octanol–water partition coefficient (Wildman–Crippen LogP) is 3.49. The number of aromatic nitrogens is 3.